The van der Waals surface area contributed by atoms with Crippen molar-refractivity contribution < 1.29 is 4.39 Å². The molecule has 0 heterocycles. The average molecular weight is 201 g/mol. The summed E-state index contributed by atoms with van der Waals surface area (Å²) < 4.78 is 14.0. The van der Waals surface area contributed by atoms with Gasteiger partial charge in [0.2, 0.25) is 0 Å². The second-order valence-corrected chi connectivity index (χ2v) is 5.41. The van der Waals surface area contributed by atoms with Crippen molar-refractivity contribution in [1.82, 2.24) is 0 Å². The van der Waals surface area contributed by atoms with Gasteiger partial charge in [-0.05, 0) is 38.5 Å². The van der Waals surface area contributed by atoms with Crippen LogP contribution in [0.15, 0.2) is 0 Å². The zero-order valence-electron chi connectivity index (χ0n) is 9.72. The molecule has 2 heteroatoms. The van der Waals surface area contributed by atoms with Crippen LogP contribution in [-0.4, -0.2) is 11.7 Å². The van der Waals surface area contributed by atoms with Crippen LogP contribution < -0.4 is 5.73 Å². The first kappa shape index (κ1) is 12.0. The summed E-state index contributed by atoms with van der Waals surface area (Å²) in [6.45, 7) is 5.69. The summed E-state index contributed by atoms with van der Waals surface area (Å²) in [5, 5.41) is 0. The summed E-state index contributed by atoms with van der Waals surface area (Å²) >= 11 is 0. The molecule has 4 unspecified atom stereocenters. The third-order valence-electron chi connectivity index (χ3n) is 3.68. The first-order valence-electron chi connectivity index (χ1n) is 5.86. The van der Waals surface area contributed by atoms with Crippen molar-refractivity contribution in [2.75, 3.05) is 0 Å². The van der Waals surface area contributed by atoms with E-state index in [2.05, 4.69) is 6.92 Å². The minimum atomic E-state index is -1.18. The molecule has 0 radical (unpaired) electrons. The van der Waals surface area contributed by atoms with Gasteiger partial charge in [-0.3, -0.25) is 0 Å². The third kappa shape index (κ3) is 3.23. The molecule has 0 aromatic carbocycles. The van der Waals surface area contributed by atoms with E-state index in [1.807, 2.05) is 0 Å². The lowest BCUT2D eigenvalue weighted by molar-refractivity contribution is 0.0976. The molecule has 0 amide bonds. The Morgan fingerprint density at radius 3 is 2.64 bits per heavy atom. The Hall–Kier alpha value is -0.110. The lowest BCUT2D eigenvalue weighted by Gasteiger charge is -2.33. The van der Waals surface area contributed by atoms with Gasteiger partial charge in [-0.2, -0.15) is 0 Å². The van der Waals surface area contributed by atoms with Gasteiger partial charge in [0.1, 0.15) is 5.67 Å². The minimum Gasteiger partial charge on any atom is -0.325 e. The standard InChI is InChI=1S/C12H24FN/c1-9-5-4-6-11(7-9)8-12(3,13)10(2)14/h9-11H,4-8,14H2,1-3H3. The highest BCUT2D eigenvalue weighted by Crippen LogP contribution is 2.35. The van der Waals surface area contributed by atoms with Crippen molar-refractivity contribution in [3.05, 3.63) is 0 Å². The molecule has 84 valence electrons. The molecular formula is C12H24FN. The van der Waals surface area contributed by atoms with Crippen molar-refractivity contribution >= 4 is 0 Å². The van der Waals surface area contributed by atoms with E-state index in [1.54, 1.807) is 13.8 Å². The van der Waals surface area contributed by atoms with Crippen molar-refractivity contribution in [2.24, 2.45) is 17.6 Å². The summed E-state index contributed by atoms with van der Waals surface area (Å²) in [6.07, 6.45) is 5.61. The van der Waals surface area contributed by atoms with E-state index in [-0.39, 0.29) is 6.04 Å². The van der Waals surface area contributed by atoms with Gasteiger partial charge in [-0.25, -0.2) is 4.39 Å². The van der Waals surface area contributed by atoms with E-state index >= 15 is 0 Å². The van der Waals surface area contributed by atoms with Gasteiger partial charge in [-0.15, -0.1) is 0 Å². The molecule has 1 aliphatic rings. The molecule has 1 aliphatic carbocycles. The Bertz CT molecular complexity index is 177. The Kier molecular flexibility index (Phi) is 3.94. The number of hydrogen-bond acceptors (Lipinski definition) is 1. The Morgan fingerprint density at radius 2 is 2.14 bits per heavy atom. The Labute approximate surface area is 87.3 Å². The number of halogens is 1. The van der Waals surface area contributed by atoms with Gasteiger partial charge in [0, 0.05) is 6.04 Å². The van der Waals surface area contributed by atoms with Crippen molar-refractivity contribution in [3.63, 3.8) is 0 Å². The van der Waals surface area contributed by atoms with Gasteiger partial charge in [0.05, 0.1) is 0 Å². The lowest BCUT2D eigenvalue weighted by atomic mass is 9.76. The highest BCUT2D eigenvalue weighted by molar-refractivity contribution is 4.86. The quantitative estimate of drug-likeness (QED) is 0.745. The lowest BCUT2D eigenvalue weighted by Crippen LogP contribution is -2.41. The average Bonchev–Trinajstić information content (AvgIpc) is 2.02. The van der Waals surface area contributed by atoms with Crippen LogP contribution in [-0.2, 0) is 0 Å². The SMILES string of the molecule is CC1CCCC(CC(C)(F)C(C)N)C1. The fourth-order valence-corrected chi connectivity index (χ4v) is 2.50. The minimum absolute atomic E-state index is 0.347. The highest BCUT2D eigenvalue weighted by atomic mass is 19.1. The molecule has 0 saturated heterocycles. The molecule has 4 atom stereocenters. The summed E-state index contributed by atoms with van der Waals surface area (Å²) in [5.74, 6) is 1.33. The van der Waals surface area contributed by atoms with Gasteiger partial charge < -0.3 is 5.73 Å². The van der Waals surface area contributed by atoms with E-state index in [4.69, 9.17) is 5.73 Å². The molecule has 0 aromatic heterocycles. The molecule has 1 rings (SSSR count). The van der Waals surface area contributed by atoms with Gasteiger partial charge >= 0.3 is 0 Å². The van der Waals surface area contributed by atoms with E-state index in [9.17, 15) is 4.39 Å². The van der Waals surface area contributed by atoms with Crippen LogP contribution in [0.5, 0.6) is 0 Å². The maximum atomic E-state index is 14.0. The maximum absolute atomic E-state index is 14.0. The van der Waals surface area contributed by atoms with Crippen LogP contribution in [0.3, 0.4) is 0 Å². The van der Waals surface area contributed by atoms with Gasteiger partial charge in [0.25, 0.3) is 0 Å². The van der Waals surface area contributed by atoms with Crippen LogP contribution in [0.1, 0.15) is 52.9 Å². The largest absolute Gasteiger partial charge is 0.325 e. The molecule has 1 saturated carbocycles. The van der Waals surface area contributed by atoms with Crippen molar-refractivity contribution in [2.45, 2.75) is 64.6 Å². The molecule has 1 fully saturated rings. The molecule has 0 aromatic rings. The van der Waals surface area contributed by atoms with Gasteiger partial charge in [-0.1, -0.05) is 26.2 Å². The smallest absolute Gasteiger partial charge is 0.123 e. The molecule has 0 aliphatic heterocycles. The van der Waals surface area contributed by atoms with E-state index < -0.39 is 5.67 Å². The molecule has 14 heavy (non-hydrogen) atoms. The van der Waals surface area contributed by atoms with Crippen LogP contribution >= 0.6 is 0 Å². The number of alkyl halides is 1. The van der Waals surface area contributed by atoms with Crippen LogP contribution in [0, 0.1) is 11.8 Å². The van der Waals surface area contributed by atoms with Gasteiger partial charge in [0.15, 0.2) is 0 Å². The second-order valence-electron chi connectivity index (χ2n) is 5.41. The molecule has 0 bridgehead atoms. The Morgan fingerprint density at radius 1 is 1.50 bits per heavy atom. The van der Waals surface area contributed by atoms with Crippen LogP contribution in [0.25, 0.3) is 0 Å². The third-order valence-corrected chi connectivity index (χ3v) is 3.68. The molecule has 2 N–H and O–H groups in total. The van der Waals surface area contributed by atoms with Crippen molar-refractivity contribution in [3.8, 4) is 0 Å². The fourth-order valence-electron chi connectivity index (χ4n) is 2.50. The van der Waals surface area contributed by atoms with Crippen LogP contribution in [0.4, 0.5) is 4.39 Å². The predicted octanol–water partition coefficient (Wildman–Crippen LogP) is 3.28. The maximum Gasteiger partial charge on any atom is 0.123 e. The summed E-state index contributed by atoms with van der Waals surface area (Å²) in [5.41, 5.74) is 4.47. The number of rotatable bonds is 3. The monoisotopic (exact) mass is 201 g/mol. The molecule has 1 nitrogen and oxygen atoms in total. The first-order valence-corrected chi connectivity index (χ1v) is 5.86. The number of hydrogen-bond donors (Lipinski definition) is 1. The Balaban J connectivity index is 2.43. The van der Waals surface area contributed by atoms with E-state index in [0.29, 0.717) is 12.3 Å². The topological polar surface area (TPSA) is 26.0 Å². The zero-order chi connectivity index (χ0) is 10.8. The van der Waals surface area contributed by atoms with Crippen molar-refractivity contribution in [1.29, 1.82) is 0 Å². The first-order chi connectivity index (χ1) is 6.42. The normalized spacial score (nSPS) is 34.9. The predicted molar refractivity (Wildman–Crippen MR) is 58.9 cm³/mol. The molecular weight excluding hydrogens is 177 g/mol. The second kappa shape index (κ2) is 4.61. The fraction of sp³-hybridized carbons (Fsp3) is 1.00. The van der Waals surface area contributed by atoms with E-state index in [0.717, 1.165) is 5.92 Å². The zero-order valence-corrected chi connectivity index (χ0v) is 9.72. The summed E-state index contributed by atoms with van der Waals surface area (Å²) in [4.78, 5) is 0. The van der Waals surface area contributed by atoms with Crippen LogP contribution in [0.2, 0.25) is 0 Å². The summed E-state index contributed by atoms with van der Waals surface area (Å²) in [6, 6.07) is -0.347. The number of nitrogens with two attached hydrogens (primary N) is 1. The molecule has 0 spiro atoms. The highest BCUT2D eigenvalue weighted by Gasteiger charge is 2.33. The van der Waals surface area contributed by atoms with E-state index in [1.165, 1.54) is 25.7 Å². The summed E-state index contributed by atoms with van der Waals surface area (Å²) in [7, 11) is 0.